The van der Waals surface area contributed by atoms with Gasteiger partial charge in [-0.1, -0.05) is 17.7 Å². The van der Waals surface area contributed by atoms with Crippen LogP contribution < -0.4 is 10.4 Å². The van der Waals surface area contributed by atoms with Gasteiger partial charge in [0.1, 0.15) is 18.1 Å². The van der Waals surface area contributed by atoms with Gasteiger partial charge < -0.3 is 9.84 Å². The van der Waals surface area contributed by atoms with E-state index in [1.165, 1.54) is 28.6 Å². The molecular weight excluding hydrogens is 352 g/mol. The molecule has 0 saturated heterocycles. The van der Waals surface area contributed by atoms with Crippen molar-refractivity contribution in [1.29, 1.82) is 0 Å². The summed E-state index contributed by atoms with van der Waals surface area (Å²) in [5.74, 6) is 0.496. The van der Waals surface area contributed by atoms with Gasteiger partial charge in [-0.25, -0.2) is 9.89 Å². The minimum atomic E-state index is -0.433. The molecule has 1 heterocycles. The van der Waals surface area contributed by atoms with Crippen LogP contribution in [0.5, 0.6) is 11.5 Å². The van der Waals surface area contributed by atoms with Gasteiger partial charge in [-0.3, -0.25) is 0 Å². The minimum absolute atomic E-state index is 0.0618. The van der Waals surface area contributed by atoms with Crippen LogP contribution in [0.2, 0.25) is 5.02 Å². The number of hydrogen-bond acceptors (Lipinski definition) is 6. The Morgan fingerprint density at radius 2 is 2.21 bits per heavy atom. The van der Waals surface area contributed by atoms with E-state index >= 15 is 0 Å². The quantitative estimate of drug-likeness (QED) is 0.676. The number of nitrogens with one attached hydrogen (secondary N) is 1. The lowest BCUT2D eigenvalue weighted by atomic mass is 10.2. The van der Waals surface area contributed by atoms with Crippen LogP contribution in [0.15, 0.2) is 46.1 Å². The Kier molecular flexibility index (Phi) is 4.77. The second kappa shape index (κ2) is 6.98. The highest BCUT2D eigenvalue weighted by Gasteiger charge is 2.14. The fraction of sp³-hybridized carbons (Fsp3) is 0.133. The Hall–Kier alpha value is -2.45. The van der Waals surface area contributed by atoms with Gasteiger partial charge >= 0.3 is 5.69 Å². The number of aromatic hydroxyl groups is 1. The maximum atomic E-state index is 11.8. The molecule has 0 amide bonds. The molecule has 0 atom stereocenters. The Labute approximate surface area is 146 Å². The number of halogens is 1. The normalized spacial score (nSPS) is 10.8. The van der Waals surface area contributed by atoms with Crippen LogP contribution in [0.1, 0.15) is 5.56 Å². The van der Waals surface area contributed by atoms with E-state index in [0.717, 1.165) is 10.5 Å². The largest absolute Gasteiger partial charge is 0.508 e. The van der Waals surface area contributed by atoms with E-state index in [1.807, 2.05) is 18.4 Å². The van der Waals surface area contributed by atoms with Crippen LogP contribution in [0.25, 0.3) is 5.69 Å². The average Bonchev–Trinajstić information content (AvgIpc) is 2.99. The summed E-state index contributed by atoms with van der Waals surface area (Å²) < 4.78 is 6.95. The van der Waals surface area contributed by atoms with E-state index in [4.69, 9.17) is 16.3 Å². The number of H-pyrrole nitrogens is 1. The number of hydrogen-bond donors (Lipinski definition) is 2. The Balaban J connectivity index is 1.97. The molecule has 3 aromatic rings. The van der Waals surface area contributed by atoms with E-state index in [2.05, 4.69) is 15.5 Å². The van der Waals surface area contributed by atoms with Crippen molar-refractivity contribution in [2.75, 3.05) is 6.26 Å². The van der Waals surface area contributed by atoms with Crippen LogP contribution >= 0.6 is 23.4 Å². The lowest BCUT2D eigenvalue weighted by Gasteiger charge is -2.14. The molecule has 0 bridgehead atoms. The van der Waals surface area contributed by atoms with Crippen molar-refractivity contribution in [2.24, 2.45) is 0 Å². The molecule has 1 aromatic heterocycles. The van der Waals surface area contributed by atoms with Crippen molar-refractivity contribution in [3.8, 4) is 17.2 Å². The van der Waals surface area contributed by atoms with Gasteiger partial charge in [-0.2, -0.15) is 4.68 Å². The first-order chi connectivity index (χ1) is 11.6. The summed E-state index contributed by atoms with van der Waals surface area (Å²) in [4.78, 5) is 12.8. The average molecular weight is 365 g/mol. The predicted molar refractivity (Wildman–Crippen MR) is 91.2 cm³/mol. The van der Waals surface area contributed by atoms with Gasteiger partial charge in [0.05, 0.1) is 10.7 Å². The van der Waals surface area contributed by atoms with E-state index < -0.39 is 5.69 Å². The highest BCUT2D eigenvalue weighted by molar-refractivity contribution is 7.98. The van der Waals surface area contributed by atoms with Gasteiger partial charge in [-0.05, 0) is 40.9 Å². The molecule has 0 unspecified atom stereocenters. The van der Waals surface area contributed by atoms with Gasteiger partial charge in [0.25, 0.3) is 0 Å². The highest BCUT2D eigenvalue weighted by atomic mass is 35.5. The second-order valence-corrected chi connectivity index (χ2v) is 6.03. The molecule has 0 saturated carbocycles. The van der Waals surface area contributed by atoms with E-state index in [1.54, 1.807) is 12.1 Å². The number of thioether (sulfide) groups is 1. The zero-order valence-corrected chi connectivity index (χ0v) is 14.1. The summed E-state index contributed by atoms with van der Waals surface area (Å²) in [6, 6.07) is 10.0. The Morgan fingerprint density at radius 3 is 2.88 bits per heavy atom. The Morgan fingerprint density at radius 1 is 1.38 bits per heavy atom. The number of ether oxygens (including phenoxy) is 1. The SMILES string of the molecule is CSc1cccc(-n2nn[nH]c2=O)c1COc1ccc(O)cc1Cl. The van der Waals surface area contributed by atoms with Crippen molar-refractivity contribution in [2.45, 2.75) is 11.5 Å². The van der Waals surface area contributed by atoms with Crippen molar-refractivity contribution >= 4 is 23.4 Å². The monoisotopic (exact) mass is 364 g/mol. The first-order valence-electron chi connectivity index (χ1n) is 6.88. The van der Waals surface area contributed by atoms with Gasteiger partial charge in [0.2, 0.25) is 0 Å². The van der Waals surface area contributed by atoms with Crippen LogP contribution in [0.4, 0.5) is 0 Å². The van der Waals surface area contributed by atoms with Gasteiger partial charge in [0, 0.05) is 16.5 Å². The van der Waals surface area contributed by atoms with Crippen LogP contribution in [0, 0.1) is 0 Å². The molecule has 0 aliphatic carbocycles. The predicted octanol–water partition coefficient (Wildman–Crippen LogP) is 2.62. The highest BCUT2D eigenvalue weighted by Crippen LogP contribution is 2.31. The van der Waals surface area contributed by atoms with Crippen LogP contribution in [-0.4, -0.2) is 31.6 Å². The lowest BCUT2D eigenvalue weighted by molar-refractivity contribution is 0.302. The third kappa shape index (κ3) is 3.24. The minimum Gasteiger partial charge on any atom is -0.508 e. The molecule has 0 radical (unpaired) electrons. The van der Waals surface area contributed by atoms with Gasteiger partial charge in [0.15, 0.2) is 0 Å². The topological polar surface area (TPSA) is 93.0 Å². The van der Waals surface area contributed by atoms with E-state index in [9.17, 15) is 9.90 Å². The fourth-order valence-corrected chi connectivity index (χ4v) is 3.05. The van der Waals surface area contributed by atoms with Crippen LogP contribution in [-0.2, 0) is 6.61 Å². The number of tetrazole rings is 1. The maximum Gasteiger partial charge on any atom is 0.365 e. The number of phenols is 1. The molecule has 2 N–H and O–H groups in total. The molecular formula is C15H13ClN4O3S. The third-order valence-corrected chi connectivity index (χ3v) is 4.43. The maximum absolute atomic E-state index is 11.8. The van der Waals surface area contributed by atoms with Gasteiger partial charge in [-0.15, -0.1) is 11.8 Å². The number of rotatable bonds is 5. The number of aromatic nitrogens is 4. The molecule has 24 heavy (non-hydrogen) atoms. The van der Waals surface area contributed by atoms with Crippen molar-refractivity contribution in [3.05, 3.63) is 57.5 Å². The number of nitrogens with zero attached hydrogens (tertiary/aromatic N) is 3. The summed E-state index contributed by atoms with van der Waals surface area (Å²) in [6.07, 6.45) is 1.93. The molecule has 7 nitrogen and oxygen atoms in total. The zero-order chi connectivity index (χ0) is 17.1. The molecule has 0 aliphatic rings. The Bertz CT molecular complexity index is 925. The summed E-state index contributed by atoms with van der Waals surface area (Å²) >= 11 is 7.59. The molecule has 124 valence electrons. The van der Waals surface area contributed by atoms with E-state index in [0.29, 0.717) is 16.5 Å². The summed E-state index contributed by atoms with van der Waals surface area (Å²) in [6.45, 7) is 0.177. The first-order valence-corrected chi connectivity index (χ1v) is 8.48. The second-order valence-electron chi connectivity index (χ2n) is 4.78. The van der Waals surface area contributed by atoms with E-state index in [-0.39, 0.29) is 12.4 Å². The van der Waals surface area contributed by atoms with Crippen molar-refractivity contribution in [3.63, 3.8) is 0 Å². The molecule has 0 fully saturated rings. The summed E-state index contributed by atoms with van der Waals surface area (Å²) in [5, 5.41) is 19.3. The molecule has 9 heteroatoms. The lowest BCUT2D eigenvalue weighted by Crippen LogP contribution is -2.18. The third-order valence-electron chi connectivity index (χ3n) is 3.32. The number of phenolic OH excluding ortho intramolecular Hbond substituents is 1. The van der Waals surface area contributed by atoms with Crippen molar-refractivity contribution in [1.82, 2.24) is 20.2 Å². The molecule has 2 aromatic carbocycles. The zero-order valence-electron chi connectivity index (χ0n) is 12.6. The fourth-order valence-electron chi connectivity index (χ4n) is 2.20. The molecule has 3 rings (SSSR count). The molecule has 0 spiro atoms. The summed E-state index contributed by atoms with van der Waals surface area (Å²) in [5.41, 5.74) is 0.929. The number of aromatic amines is 1. The standard InChI is InChI=1S/C15H13ClN4O3S/c1-24-14-4-2-3-12(20-15(22)17-18-19-20)10(14)8-23-13-6-5-9(21)7-11(13)16/h2-7,21H,8H2,1H3,(H,17,19,22). The van der Waals surface area contributed by atoms with Crippen molar-refractivity contribution < 1.29 is 9.84 Å². The van der Waals surface area contributed by atoms with Crippen LogP contribution in [0.3, 0.4) is 0 Å². The summed E-state index contributed by atoms with van der Waals surface area (Å²) in [7, 11) is 0. The smallest absolute Gasteiger partial charge is 0.365 e. The number of benzene rings is 2. The first kappa shape index (κ1) is 16.4. The molecule has 0 aliphatic heterocycles.